The first-order chi connectivity index (χ1) is 9.70. The molecule has 0 aliphatic carbocycles. The summed E-state index contributed by atoms with van der Waals surface area (Å²) in [5, 5.41) is 0. The van der Waals surface area contributed by atoms with Crippen molar-refractivity contribution in [3.05, 3.63) is 65.2 Å². The Labute approximate surface area is 125 Å². The van der Waals surface area contributed by atoms with E-state index >= 15 is 0 Å². The monoisotopic (exact) mass is 332 g/mol. The van der Waals surface area contributed by atoms with Crippen LogP contribution in [0.15, 0.2) is 48.5 Å². The number of rotatable bonds is 2. The summed E-state index contributed by atoms with van der Waals surface area (Å²) in [6, 6.07) is 16.3. The van der Waals surface area contributed by atoms with Gasteiger partial charge in [-0.25, -0.2) is 0 Å². The molecule has 0 saturated carbocycles. The van der Waals surface area contributed by atoms with E-state index in [2.05, 4.69) is 30.9 Å². The molecule has 0 radical (unpaired) electrons. The van der Waals surface area contributed by atoms with Crippen molar-refractivity contribution in [3.8, 4) is 5.75 Å². The van der Waals surface area contributed by atoms with Gasteiger partial charge in [0.05, 0.1) is 0 Å². The number of aryl methyl sites for hydroxylation is 1. The van der Waals surface area contributed by atoms with Gasteiger partial charge in [-0.15, -0.1) is 0 Å². The fraction of sp³-hybridized carbons (Fsp3) is 0.235. The van der Waals surface area contributed by atoms with E-state index in [4.69, 9.17) is 4.74 Å². The van der Waals surface area contributed by atoms with E-state index in [1.807, 2.05) is 30.3 Å². The molecule has 20 heavy (non-hydrogen) atoms. The van der Waals surface area contributed by atoms with Crippen molar-refractivity contribution >= 4 is 20.9 Å². The van der Waals surface area contributed by atoms with Crippen molar-refractivity contribution in [2.75, 3.05) is 0 Å². The zero-order chi connectivity index (χ0) is 14.1. The Balaban J connectivity index is 2.18. The summed E-state index contributed by atoms with van der Waals surface area (Å²) in [4.78, 5) is 12.2. The number of ether oxygens (including phenoxy) is 1. The van der Waals surface area contributed by atoms with Crippen LogP contribution >= 0.6 is 0 Å². The zero-order valence-corrected chi connectivity index (χ0v) is 13.2. The molecule has 2 aromatic carbocycles. The second-order valence-electron chi connectivity index (χ2n) is 5.01. The van der Waals surface area contributed by atoms with Gasteiger partial charge in [-0.05, 0) is 0 Å². The Hall–Kier alpha value is -1.57. The van der Waals surface area contributed by atoms with E-state index in [-0.39, 0.29) is 31.7 Å². The molecule has 1 heterocycles. The minimum absolute atomic E-state index is 0.0424. The molecule has 3 rings (SSSR count). The molecule has 102 valence electrons. The van der Waals surface area contributed by atoms with Crippen molar-refractivity contribution in [1.82, 2.24) is 0 Å². The van der Waals surface area contributed by atoms with E-state index in [0.717, 1.165) is 11.3 Å². The topological polar surface area (TPSA) is 26.3 Å². The molecular formula is C17H16O2Se. The standard InChI is InChI=1S/C17H16O2Se/c1-11-8-9-14-13(10-11)15(12-6-4-3-5-7-12)16(20-2)17(18)19-14/h3-10,15-16H,1-2H3/t15-,16+/m1/s1. The summed E-state index contributed by atoms with van der Waals surface area (Å²) in [5.41, 5.74) is 3.54. The zero-order valence-electron chi connectivity index (χ0n) is 11.5. The summed E-state index contributed by atoms with van der Waals surface area (Å²) in [5.74, 6) is 2.86. The van der Waals surface area contributed by atoms with Crippen LogP contribution in [-0.2, 0) is 4.79 Å². The number of hydrogen-bond acceptors (Lipinski definition) is 2. The van der Waals surface area contributed by atoms with Gasteiger partial charge in [0.2, 0.25) is 0 Å². The van der Waals surface area contributed by atoms with Gasteiger partial charge in [-0.1, -0.05) is 0 Å². The third-order valence-electron chi connectivity index (χ3n) is 3.66. The number of hydrogen-bond donors (Lipinski definition) is 0. The third kappa shape index (κ3) is 2.28. The van der Waals surface area contributed by atoms with Gasteiger partial charge in [0.1, 0.15) is 0 Å². The minimum atomic E-state index is -0.0855. The molecule has 0 amide bonds. The van der Waals surface area contributed by atoms with Gasteiger partial charge in [0.15, 0.2) is 0 Å². The fourth-order valence-corrected chi connectivity index (χ4v) is 4.43. The van der Waals surface area contributed by atoms with Crippen LogP contribution in [0.3, 0.4) is 0 Å². The van der Waals surface area contributed by atoms with Crippen LogP contribution < -0.4 is 4.74 Å². The predicted molar refractivity (Wildman–Crippen MR) is 80.5 cm³/mol. The molecule has 1 aliphatic heterocycles. The van der Waals surface area contributed by atoms with Gasteiger partial charge in [0, 0.05) is 0 Å². The van der Waals surface area contributed by atoms with Crippen molar-refractivity contribution in [2.45, 2.75) is 23.5 Å². The third-order valence-corrected chi connectivity index (χ3v) is 5.70. The maximum atomic E-state index is 12.3. The van der Waals surface area contributed by atoms with Gasteiger partial charge in [-0.2, -0.15) is 0 Å². The van der Waals surface area contributed by atoms with Crippen molar-refractivity contribution < 1.29 is 9.53 Å². The summed E-state index contributed by atoms with van der Waals surface area (Å²) < 4.78 is 5.52. The Morgan fingerprint density at radius 2 is 1.85 bits per heavy atom. The molecule has 0 spiro atoms. The quantitative estimate of drug-likeness (QED) is 0.478. The SMILES string of the molecule is C[Se][C@@H]1C(=O)Oc2ccc(C)cc2[C@H]1c1ccccc1. The first-order valence-corrected chi connectivity index (χ1v) is 9.31. The van der Waals surface area contributed by atoms with Gasteiger partial charge in [0.25, 0.3) is 0 Å². The molecule has 0 saturated heterocycles. The number of esters is 1. The van der Waals surface area contributed by atoms with Crippen LogP contribution in [0.5, 0.6) is 5.75 Å². The number of fused-ring (bicyclic) bond motifs is 1. The van der Waals surface area contributed by atoms with Crippen LogP contribution in [0.25, 0.3) is 0 Å². The second kappa shape index (κ2) is 5.43. The van der Waals surface area contributed by atoms with E-state index in [1.54, 1.807) is 0 Å². The van der Waals surface area contributed by atoms with Gasteiger partial charge >= 0.3 is 125 Å². The van der Waals surface area contributed by atoms with E-state index in [1.165, 1.54) is 11.1 Å². The average molecular weight is 331 g/mol. The molecule has 2 nitrogen and oxygen atoms in total. The molecule has 2 atom stereocenters. The van der Waals surface area contributed by atoms with E-state index in [9.17, 15) is 4.79 Å². The van der Waals surface area contributed by atoms with E-state index in [0.29, 0.717) is 0 Å². The van der Waals surface area contributed by atoms with E-state index < -0.39 is 0 Å². The molecule has 0 fully saturated rings. The number of carbonyl (C=O) groups excluding carboxylic acids is 1. The first kappa shape index (κ1) is 13.4. The summed E-state index contributed by atoms with van der Waals surface area (Å²) >= 11 is 0.207. The molecule has 0 N–H and O–H groups in total. The second-order valence-corrected chi connectivity index (χ2v) is 7.06. The molecule has 1 aliphatic rings. The van der Waals surface area contributed by atoms with Gasteiger partial charge < -0.3 is 0 Å². The van der Waals surface area contributed by atoms with Crippen LogP contribution in [-0.4, -0.2) is 20.9 Å². The Bertz CT molecular complexity index is 637. The van der Waals surface area contributed by atoms with Crippen LogP contribution in [0.1, 0.15) is 22.6 Å². The molecular weight excluding hydrogens is 315 g/mol. The van der Waals surface area contributed by atoms with Crippen molar-refractivity contribution in [3.63, 3.8) is 0 Å². The summed E-state index contributed by atoms with van der Waals surface area (Å²) in [6.45, 7) is 2.07. The first-order valence-electron chi connectivity index (χ1n) is 6.60. The van der Waals surface area contributed by atoms with Crippen molar-refractivity contribution in [2.24, 2.45) is 0 Å². The van der Waals surface area contributed by atoms with Crippen LogP contribution in [0, 0.1) is 6.92 Å². The summed E-state index contributed by atoms with van der Waals surface area (Å²) in [6.07, 6.45) is 0. The molecule has 2 aromatic rings. The maximum absolute atomic E-state index is 12.3. The summed E-state index contributed by atoms with van der Waals surface area (Å²) in [7, 11) is 0. The normalized spacial score (nSPS) is 21.2. The van der Waals surface area contributed by atoms with Crippen molar-refractivity contribution in [1.29, 1.82) is 0 Å². The predicted octanol–water partition coefficient (Wildman–Crippen LogP) is 3.59. The number of benzene rings is 2. The average Bonchev–Trinajstić information content (AvgIpc) is 2.47. The molecule has 3 heteroatoms. The molecule has 0 bridgehead atoms. The van der Waals surface area contributed by atoms with Crippen LogP contribution in [0.4, 0.5) is 0 Å². The Morgan fingerprint density at radius 1 is 1.10 bits per heavy atom. The fourth-order valence-electron chi connectivity index (χ4n) is 2.72. The molecule has 0 aromatic heterocycles. The van der Waals surface area contributed by atoms with Gasteiger partial charge in [-0.3, -0.25) is 0 Å². The molecule has 0 unspecified atom stereocenters. The van der Waals surface area contributed by atoms with Crippen LogP contribution in [0.2, 0.25) is 10.6 Å². The number of carbonyl (C=O) groups is 1. The Morgan fingerprint density at radius 3 is 2.55 bits per heavy atom. The Kier molecular flexibility index (Phi) is 3.64.